The second-order valence-corrected chi connectivity index (χ2v) is 5.36. The normalized spacial score (nSPS) is 9.96. The summed E-state index contributed by atoms with van der Waals surface area (Å²) in [6.45, 7) is 0.294. The van der Waals surface area contributed by atoms with Crippen molar-refractivity contribution in [2.24, 2.45) is 0 Å². The zero-order valence-corrected chi connectivity index (χ0v) is 14.3. The van der Waals surface area contributed by atoms with E-state index in [1.165, 1.54) is 43.3 Å². The Morgan fingerprint density at radius 2 is 1.70 bits per heavy atom. The van der Waals surface area contributed by atoms with Gasteiger partial charge in [-0.15, -0.1) is 0 Å². The number of carbonyl (C=O) groups is 3. The zero-order valence-electron chi connectivity index (χ0n) is 14.3. The van der Waals surface area contributed by atoms with E-state index in [0.29, 0.717) is 11.3 Å². The first-order valence-corrected chi connectivity index (χ1v) is 7.79. The van der Waals surface area contributed by atoms with Gasteiger partial charge in [-0.05, 0) is 30.3 Å². The van der Waals surface area contributed by atoms with Crippen LogP contribution in [0.3, 0.4) is 0 Å². The number of nitro benzene ring substituents is 1. The molecule has 2 rings (SSSR count). The number of nitro groups is 1. The summed E-state index contributed by atoms with van der Waals surface area (Å²) in [7, 11) is 0. The number of Topliss-reactive ketones (excluding diaryl/α,β-unsaturated/α-hetero) is 1. The molecule has 1 N–H and O–H groups in total. The minimum atomic E-state index is -0.837. The van der Waals surface area contributed by atoms with Gasteiger partial charge < -0.3 is 14.8 Å². The van der Waals surface area contributed by atoms with Crippen LogP contribution in [0.25, 0.3) is 0 Å². The van der Waals surface area contributed by atoms with Crippen LogP contribution in [0.2, 0.25) is 0 Å². The molecule has 0 spiro atoms. The van der Waals surface area contributed by atoms with Crippen LogP contribution in [0.4, 0.5) is 11.4 Å². The summed E-state index contributed by atoms with van der Waals surface area (Å²) in [6, 6.07) is 11.7. The molecule has 0 aromatic heterocycles. The number of ketones is 1. The van der Waals surface area contributed by atoms with Gasteiger partial charge in [0.05, 0.1) is 4.92 Å². The van der Waals surface area contributed by atoms with Gasteiger partial charge in [-0.3, -0.25) is 19.7 Å². The van der Waals surface area contributed by atoms with Gasteiger partial charge in [0.1, 0.15) is 0 Å². The lowest BCUT2D eigenvalue weighted by Gasteiger charge is -2.07. The number of ether oxygens (including phenoxy) is 2. The number of nitrogens with zero attached hydrogens (tertiary/aromatic N) is 1. The number of esters is 1. The summed E-state index contributed by atoms with van der Waals surface area (Å²) in [4.78, 5) is 44.9. The molecule has 0 aliphatic carbocycles. The number of benzene rings is 2. The Morgan fingerprint density at radius 3 is 2.33 bits per heavy atom. The Labute approximate surface area is 154 Å². The highest BCUT2D eigenvalue weighted by Crippen LogP contribution is 2.25. The molecule has 0 heterocycles. The maximum absolute atomic E-state index is 12.0. The molecule has 2 aromatic carbocycles. The molecule has 0 radical (unpaired) electrons. The summed E-state index contributed by atoms with van der Waals surface area (Å²) < 4.78 is 9.91. The molecule has 2 aromatic rings. The topological polar surface area (TPSA) is 125 Å². The van der Waals surface area contributed by atoms with E-state index in [2.05, 4.69) is 5.32 Å². The third-order valence-corrected chi connectivity index (χ3v) is 3.30. The monoisotopic (exact) mass is 372 g/mol. The van der Waals surface area contributed by atoms with Crippen molar-refractivity contribution >= 4 is 29.0 Å². The van der Waals surface area contributed by atoms with E-state index in [4.69, 9.17) is 9.47 Å². The van der Waals surface area contributed by atoms with Gasteiger partial charge in [0, 0.05) is 24.2 Å². The van der Waals surface area contributed by atoms with E-state index in [1.807, 2.05) is 0 Å². The minimum Gasteiger partial charge on any atom is -0.475 e. The first kappa shape index (κ1) is 19.6. The van der Waals surface area contributed by atoms with Crippen molar-refractivity contribution in [2.75, 3.05) is 18.5 Å². The highest BCUT2D eigenvalue weighted by atomic mass is 16.6. The van der Waals surface area contributed by atoms with Crippen LogP contribution < -0.4 is 10.1 Å². The Balaban J connectivity index is 1.84. The highest BCUT2D eigenvalue weighted by molar-refractivity contribution is 5.98. The second kappa shape index (κ2) is 9.09. The molecule has 1 amide bonds. The second-order valence-electron chi connectivity index (χ2n) is 5.36. The first-order valence-electron chi connectivity index (χ1n) is 7.79. The quantitative estimate of drug-likeness (QED) is 0.326. The number of carbonyl (C=O) groups excluding carboxylic acids is 3. The van der Waals surface area contributed by atoms with Gasteiger partial charge in [0.2, 0.25) is 5.91 Å². The SMILES string of the molecule is CC(=O)Nc1ccc(C(=O)COC(=O)COc2ccccc2[N+](=O)[O-])cc1. The van der Waals surface area contributed by atoms with E-state index >= 15 is 0 Å². The summed E-state index contributed by atoms with van der Waals surface area (Å²) in [5, 5.41) is 13.4. The number of hydrogen-bond acceptors (Lipinski definition) is 7. The Kier molecular flexibility index (Phi) is 6.59. The standard InChI is InChI=1S/C18H16N2O7/c1-12(21)19-14-8-6-13(7-9-14)16(22)10-27-18(23)11-26-17-5-3-2-4-15(17)20(24)25/h2-9H,10-11H2,1H3,(H,19,21). The molecule has 0 saturated heterocycles. The van der Waals surface area contributed by atoms with Crippen LogP contribution in [-0.4, -0.2) is 35.8 Å². The van der Waals surface area contributed by atoms with Crippen molar-refractivity contribution in [3.8, 4) is 5.75 Å². The number of para-hydroxylation sites is 2. The van der Waals surface area contributed by atoms with Crippen molar-refractivity contribution in [3.63, 3.8) is 0 Å². The fourth-order valence-electron chi connectivity index (χ4n) is 2.08. The lowest BCUT2D eigenvalue weighted by Crippen LogP contribution is -2.19. The van der Waals surface area contributed by atoms with E-state index in [-0.39, 0.29) is 17.3 Å². The maximum Gasteiger partial charge on any atom is 0.344 e. The lowest BCUT2D eigenvalue weighted by molar-refractivity contribution is -0.385. The van der Waals surface area contributed by atoms with Crippen molar-refractivity contribution in [1.82, 2.24) is 0 Å². The van der Waals surface area contributed by atoms with Crippen molar-refractivity contribution < 1.29 is 28.8 Å². The molecular weight excluding hydrogens is 356 g/mol. The van der Waals surface area contributed by atoms with Crippen LogP contribution in [0.1, 0.15) is 17.3 Å². The van der Waals surface area contributed by atoms with Gasteiger partial charge in [-0.2, -0.15) is 0 Å². The molecule has 0 bridgehead atoms. The molecule has 0 atom stereocenters. The smallest absolute Gasteiger partial charge is 0.344 e. The number of anilines is 1. The minimum absolute atomic E-state index is 0.0701. The van der Waals surface area contributed by atoms with E-state index in [0.717, 1.165) is 0 Å². The lowest BCUT2D eigenvalue weighted by atomic mass is 10.1. The molecule has 0 fully saturated rings. The van der Waals surface area contributed by atoms with Crippen LogP contribution in [0, 0.1) is 10.1 Å². The number of nitrogens with one attached hydrogen (secondary N) is 1. The molecule has 0 aliphatic rings. The van der Waals surface area contributed by atoms with Crippen molar-refractivity contribution in [2.45, 2.75) is 6.92 Å². The Morgan fingerprint density at radius 1 is 1.04 bits per heavy atom. The zero-order chi connectivity index (χ0) is 19.8. The van der Waals surface area contributed by atoms with Crippen LogP contribution in [0.15, 0.2) is 48.5 Å². The molecule has 9 nitrogen and oxygen atoms in total. The predicted molar refractivity (Wildman–Crippen MR) is 94.6 cm³/mol. The molecule has 27 heavy (non-hydrogen) atoms. The average Bonchev–Trinajstić information content (AvgIpc) is 2.64. The highest BCUT2D eigenvalue weighted by Gasteiger charge is 2.16. The summed E-state index contributed by atoms with van der Waals surface area (Å²) in [5.41, 5.74) is 0.561. The molecular formula is C18H16N2O7. The average molecular weight is 372 g/mol. The Hall–Kier alpha value is -3.75. The van der Waals surface area contributed by atoms with Gasteiger partial charge in [-0.1, -0.05) is 12.1 Å². The molecule has 0 saturated carbocycles. The molecule has 0 unspecified atom stereocenters. The predicted octanol–water partition coefficient (Wildman–Crippen LogP) is 2.36. The maximum atomic E-state index is 12.0. The fraction of sp³-hybridized carbons (Fsp3) is 0.167. The Bertz CT molecular complexity index is 862. The third kappa shape index (κ3) is 5.92. The number of hydrogen-bond donors (Lipinski definition) is 1. The van der Waals surface area contributed by atoms with Crippen molar-refractivity contribution in [3.05, 3.63) is 64.2 Å². The van der Waals surface area contributed by atoms with Gasteiger partial charge in [-0.25, -0.2) is 4.79 Å². The van der Waals surface area contributed by atoms with Crippen LogP contribution in [0.5, 0.6) is 5.75 Å². The van der Waals surface area contributed by atoms with E-state index in [9.17, 15) is 24.5 Å². The molecule has 140 valence electrons. The molecule has 0 aliphatic heterocycles. The van der Waals surface area contributed by atoms with Gasteiger partial charge in [0.15, 0.2) is 24.7 Å². The fourth-order valence-corrected chi connectivity index (χ4v) is 2.08. The number of amides is 1. The van der Waals surface area contributed by atoms with E-state index < -0.39 is 29.9 Å². The van der Waals surface area contributed by atoms with Crippen LogP contribution >= 0.6 is 0 Å². The van der Waals surface area contributed by atoms with Crippen molar-refractivity contribution in [1.29, 1.82) is 0 Å². The summed E-state index contributed by atoms with van der Waals surface area (Å²) >= 11 is 0. The largest absolute Gasteiger partial charge is 0.475 e. The van der Waals surface area contributed by atoms with Gasteiger partial charge >= 0.3 is 11.7 Å². The third-order valence-electron chi connectivity index (χ3n) is 3.30. The number of rotatable bonds is 8. The first-order chi connectivity index (χ1) is 12.9. The van der Waals surface area contributed by atoms with Gasteiger partial charge in [0.25, 0.3) is 0 Å². The van der Waals surface area contributed by atoms with E-state index in [1.54, 1.807) is 12.1 Å². The summed E-state index contributed by atoms with van der Waals surface area (Å²) in [6.07, 6.45) is 0. The molecule has 9 heteroatoms. The summed E-state index contributed by atoms with van der Waals surface area (Å²) in [5.74, 6) is -1.58. The van der Waals surface area contributed by atoms with Crippen LogP contribution in [-0.2, 0) is 14.3 Å².